The molecule has 6 nitrogen and oxygen atoms in total. The van der Waals surface area contributed by atoms with Crippen molar-refractivity contribution in [3.8, 4) is 0 Å². The molecule has 1 aromatic rings. The van der Waals surface area contributed by atoms with Crippen LogP contribution in [-0.2, 0) is 4.79 Å². The van der Waals surface area contributed by atoms with E-state index in [1.165, 1.54) is 10.5 Å². The number of aliphatic carboxylic acids is 1. The molecular formula is C19H31N3O3. The van der Waals surface area contributed by atoms with E-state index in [2.05, 4.69) is 43.5 Å². The Bertz CT molecular complexity index is 534. The van der Waals surface area contributed by atoms with E-state index in [1.54, 1.807) is 7.05 Å². The van der Waals surface area contributed by atoms with Gasteiger partial charge in [0.2, 0.25) is 0 Å². The van der Waals surface area contributed by atoms with Gasteiger partial charge in [-0.3, -0.25) is 4.79 Å². The number of carboxylic acid groups (broad SMARTS) is 1. The molecule has 1 aromatic carbocycles. The van der Waals surface area contributed by atoms with Gasteiger partial charge in [0.05, 0.1) is 6.42 Å². The van der Waals surface area contributed by atoms with Gasteiger partial charge >= 0.3 is 12.0 Å². The lowest BCUT2D eigenvalue weighted by molar-refractivity contribution is -0.137. The quantitative estimate of drug-likeness (QED) is 0.607. The molecule has 0 aliphatic carbocycles. The molecule has 0 fully saturated rings. The summed E-state index contributed by atoms with van der Waals surface area (Å²) in [7, 11) is 1.61. The Morgan fingerprint density at radius 1 is 1.16 bits per heavy atom. The molecule has 25 heavy (non-hydrogen) atoms. The first-order valence-electron chi connectivity index (χ1n) is 8.81. The minimum Gasteiger partial charge on any atom is -0.481 e. The number of benzene rings is 1. The van der Waals surface area contributed by atoms with Crippen LogP contribution in [0.4, 0.5) is 4.79 Å². The van der Waals surface area contributed by atoms with Gasteiger partial charge in [-0.2, -0.15) is 0 Å². The van der Waals surface area contributed by atoms with E-state index >= 15 is 0 Å². The molecular weight excluding hydrogens is 318 g/mol. The Kier molecular flexibility index (Phi) is 8.99. The number of nitrogens with one attached hydrogen (secondary N) is 2. The standard InChI is InChI=1S/C19H31N3O3/c1-14(2)12-17(21-15(3)16-8-6-5-7-9-16)13-20-19(25)22(4)11-10-18(23)24/h5-9,14-15,17,21H,10-13H2,1-4H3,(H,20,25)(H,23,24). The van der Waals surface area contributed by atoms with E-state index in [0.717, 1.165) is 6.42 Å². The molecule has 0 saturated heterocycles. The molecule has 0 radical (unpaired) electrons. The molecule has 0 saturated carbocycles. The van der Waals surface area contributed by atoms with Gasteiger partial charge in [0.25, 0.3) is 0 Å². The number of amides is 2. The van der Waals surface area contributed by atoms with Crippen LogP contribution in [-0.4, -0.2) is 48.2 Å². The highest BCUT2D eigenvalue weighted by molar-refractivity contribution is 5.75. The summed E-state index contributed by atoms with van der Waals surface area (Å²) in [6.45, 7) is 7.13. The molecule has 0 bridgehead atoms. The van der Waals surface area contributed by atoms with Gasteiger partial charge in [0.15, 0.2) is 0 Å². The second kappa shape index (κ2) is 10.7. The topological polar surface area (TPSA) is 81.7 Å². The molecule has 2 amide bonds. The zero-order valence-electron chi connectivity index (χ0n) is 15.7. The number of hydrogen-bond donors (Lipinski definition) is 3. The number of rotatable bonds is 10. The van der Waals surface area contributed by atoms with Gasteiger partial charge < -0.3 is 20.6 Å². The van der Waals surface area contributed by atoms with E-state index in [9.17, 15) is 9.59 Å². The zero-order chi connectivity index (χ0) is 18.8. The van der Waals surface area contributed by atoms with E-state index in [-0.39, 0.29) is 31.1 Å². The maximum absolute atomic E-state index is 12.1. The number of nitrogens with zero attached hydrogens (tertiary/aromatic N) is 1. The first-order valence-corrected chi connectivity index (χ1v) is 8.81. The number of carbonyl (C=O) groups excluding carboxylic acids is 1. The zero-order valence-corrected chi connectivity index (χ0v) is 15.7. The smallest absolute Gasteiger partial charge is 0.317 e. The lowest BCUT2D eigenvalue weighted by Gasteiger charge is -2.26. The number of carboxylic acids is 1. The van der Waals surface area contributed by atoms with Gasteiger partial charge in [-0.1, -0.05) is 44.2 Å². The Morgan fingerprint density at radius 3 is 2.36 bits per heavy atom. The number of carbonyl (C=O) groups is 2. The second-order valence-corrected chi connectivity index (χ2v) is 6.88. The SMILES string of the molecule is CC(C)CC(CNC(=O)N(C)CCC(=O)O)NC(C)c1ccccc1. The summed E-state index contributed by atoms with van der Waals surface area (Å²) in [5.41, 5.74) is 1.21. The van der Waals surface area contributed by atoms with Crippen molar-refractivity contribution < 1.29 is 14.7 Å². The molecule has 0 spiro atoms. The molecule has 0 aliphatic rings. The van der Waals surface area contributed by atoms with Crippen LogP contribution in [0.5, 0.6) is 0 Å². The van der Waals surface area contributed by atoms with Crippen molar-refractivity contribution in [3.63, 3.8) is 0 Å². The summed E-state index contributed by atoms with van der Waals surface area (Å²) in [4.78, 5) is 24.1. The largest absolute Gasteiger partial charge is 0.481 e. The molecule has 0 heterocycles. The molecule has 3 N–H and O–H groups in total. The fraction of sp³-hybridized carbons (Fsp3) is 0.579. The maximum Gasteiger partial charge on any atom is 0.317 e. The predicted molar refractivity (Wildman–Crippen MR) is 99.5 cm³/mol. The highest BCUT2D eigenvalue weighted by Gasteiger charge is 2.17. The Morgan fingerprint density at radius 2 is 1.80 bits per heavy atom. The number of hydrogen-bond acceptors (Lipinski definition) is 3. The average Bonchev–Trinajstić information content (AvgIpc) is 2.57. The molecule has 140 valence electrons. The van der Waals surface area contributed by atoms with Crippen molar-refractivity contribution in [2.24, 2.45) is 5.92 Å². The first kappa shape index (κ1) is 21.0. The van der Waals surface area contributed by atoms with Crippen LogP contribution >= 0.6 is 0 Å². The van der Waals surface area contributed by atoms with Crippen LogP contribution in [0.1, 0.15) is 45.2 Å². The summed E-state index contributed by atoms with van der Waals surface area (Å²) in [5.74, 6) is -0.405. The fourth-order valence-corrected chi connectivity index (χ4v) is 2.68. The Labute approximate surface area is 150 Å². The minimum absolute atomic E-state index is 0.0529. The summed E-state index contributed by atoms with van der Waals surface area (Å²) in [6, 6.07) is 10.3. The van der Waals surface area contributed by atoms with Crippen molar-refractivity contribution in [2.75, 3.05) is 20.1 Å². The Hall–Kier alpha value is -2.08. The van der Waals surface area contributed by atoms with Crippen LogP contribution in [0.2, 0.25) is 0 Å². The van der Waals surface area contributed by atoms with Gasteiger partial charge in [0.1, 0.15) is 0 Å². The predicted octanol–water partition coefficient (Wildman–Crippen LogP) is 2.87. The lowest BCUT2D eigenvalue weighted by Crippen LogP contribution is -2.46. The van der Waals surface area contributed by atoms with Crippen molar-refractivity contribution in [2.45, 2.75) is 45.7 Å². The molecule has 1 rings (SSSR count). The van der Waals surface area contributed by atoms with E-state index in [1.807, 2.05) is 18.2 Å². The minimum atomic E-state index is -0.907. The Balaban J connectivity index is 2.55. The summed E-state index contributed by atoms with van der Waals surface area (Å²) in [5, 5.41) is 15.2. The van der Waals surface area contributed by atoms with Gasteiger partial charge in [0, 0.05) is 32.2 Å². The van der Waals surface area contributed by atoms with Gasteiger partial charge in [-0.15, -0.1) is 0 Å². The van der Waals surface area contributed by atoms with Crippen LogP contribution in [0.3, 0.4) is 0 Å². The third-order valence-electron chi connectivity index (χ3n) is 4.05. The van der Waals surface area contributed by atoms with E-state index in [0.29, 0.717) is 12.5 Å². The molecule has 6 heteroatoms. The third kappa shape index (κ3) is 8.54. The van der Waals surface area contributed by atoms with Crippen LogP contribution in [0.25, 0.3) is 0 Å². The van der Waals surface area contributed by atoms with E-state index < -0.39 is 5.97 Å². The fourth-order valence-electron chi connectivity index (χ4n) is 2.68. The van der Waals surface area contributed by atoms with Gasteiger partial charge in [-0.05, 0) is 24.8 Å². The van der Waals surface area contributed by atoms with Crippen molar-refractivity contribution in [3.05, 3.63) is 35.9 Å². The van der Waals surface area contributed by atoms with E-state index in [4.69, 9.17) is 5.11 Å². The second-order valence-electron chi connectivity index (χ2n) is 6.88. The van der Waals surface area contributed by atoms with Crippen molar-refractivity contribution >= 4 is 12.0 Å². The summed E-state index contributed by atoms with van der Waals surface area (Å²) >= 11 is 0. The van der Waals surface area contributed by atoms with Crippen LogP contribution < -0.4 is 10.6 Å². The van der Waals surface area contributed by atoms with Crippen LogP contribution in [0.15, 0.2) is 30.3 Å². The third-order valence-corrected chi connectivity index (χ3v) is 4.05. The monoisotopic (exact) mass is 349 g/mol. The normalized spacial score (nSPS) is 13.3. The molecule has 0 aromatic heterocycles. The summed E-state index contributed by atoms with van der Waals surface area (Å²) in [6.07, 6.45) is 0.888. The molecule has 0 aliphatic heterocycles. The van der Waals surface area contributed by atoms with Crippen molar-refractivity contribution in [1.82, 2.24) is 15.5 Å². The van der Waals surface area contributed by atoms with Crippen LogP contribution in [0, 0.1) is 5.92 Å². The summed E-state index contributed by atoms with van der Waals surface area (Å²) < 4.78 is 0. The maximum atomic E-state index is 12.1. The molecule has 2 unspecified atom stereocenters. The first-order chi connectivity index (χ1) is 11.8. The number of urea groups is 1. The lowest BCUT2D eigenvalue weighted by atomic mass is 10.0. The highest BCUT2D eigenvalue weighted by atomic mass is 16.4. The van der Waals surface area contributed by atoms with Gasteiger partial charge in [-0.25, -0.2) is 4.79 Å². The van der Waals surface area contributed by atoms with Crippen molar-refractivity contribution in [1.29, 1.82) is 0 Å². The molecule has 2 atom stereocenters. The highest BCUT2D eigenvalue weighted by Crippen LogP contribution is 2.14. The average molecular weight is 349 g/mol.